The van der Waals surface area contributed by atoms with Crippen LogP contribution in [0.4, 0.5) is 5.69 Å². The monoisotopic (exact) mass is 404 g/mol. The van der Waals surface area contributed by atoms with Crippen LogP contribution in [0.3, 0.4) is 0 Å². The SMILES string of the molecule is CSCCC(NC(=O)c1ccccc1)C(=O)Nc1ccc2c3c(cccc13)CC2. The highest BCUT2D eigenvalue weighted by Gasteiger charge is 2.23. The molecule has 0 aliphatic heterocycles. The lowest BCUT2D eigenvalue weighted by Crippen LogP contribution is -2.44. The van der Waals surface area contributed by atoms with E-state index >= 15 is 0 Å². The molecule has 4 rings (SSSR count). The number of benzene rings is 3. The summed E-state index contributed by atoms with van der Waals surface area (Å²) in [5.41, 5.74) is 4.04. The summed E-state index contributed by atoms with van der Waals surface area (Å²) in [6, 6.07) is 18.8. The molecule has 1 aliphatic rings. The summed E-state index contributed by atoms with van der Waals surface area (Å²) in [7, 11) is 0. The number of anilines is 1. The third-order valence-corrected chi connectivity index (χ3v) is 6.05. The van der Waals surface area contributed by atoms with Gasteiger partial charge in [0.15, 0.2) is 0 Å². The van der Waals surface area contributed by atoms with Gasteiger partial charge in [0.1, 0.15) is 6.04 Å². The highest BCUT2D eigenvalue weighted by Crippen LogP contribution is 2.35. The molecule has 148 valence electrons. The molecule has 1 atom stereocenters. The molecule has 0 fully saturated rings. The summed E-state index contributed by atoms with van der Waals surface area (Å²) in [6.07, 6.45) is 4.67. The van der Waals surface area contributed by atoms with Crippen molar-refractivity contribution in [3.8, 4) is 0 Å². The second-order valence-electron chi connectivity index (χ2n) is 7.27. The molecule has 0 radical (unpaired) electrons. The van der Waals surface area contributed by atoms with E-state index in [1.165, 1.54) is 16.5 Å². The van der Waals surface area contributed by atoms with E-state index < -0.39 is 6.04 Å². The Kier molecular flexibility index (Phi) is 5.86. The average molecular weight is 405 g/mol. The number of rotatable bonds is 7. The number of hydrogen-bond acceptors (Lipinski definition) is 3. The summed E-state index contributed by atoms with van der Waals surface area (Å²) >= 11 is 1.66. The van der Waals surface area contributed by atoms with Crippen LogP contribution >= 0.6 is 11.8 Å². The van der Waals surface area contributed by atoms with Gasteiger partial charge in [0.25, 0.3) is 5.91 Å². The van der Waals surface area contributed by atoms with Gasteiger partial charge in [0.2, 0.25) is 5.91 Å². The van der Waals surface area contributed by atoms with Crippen LogP contribution < -0.4 is 10.6 Å². The Labute approximate surface area is 175 Å². The van der Waals surface area contributed by atoms with Crippen molar-refractivity contribution in [1.82, 2.24) is 5.32 Å². The van der Waals surface area contributed by atoms with E-state index in [1.807, 2.05) is 36.6 Å². The molecule has 29 heavy (non-hydrogen) atoms. The molecule has 0 saturated carbocycles. The fraction of sp³-hybridized carbons (Fsp3) is 0.250. The zero-order valence-electron chi connectivity index (χ0n) is 16.4. The Morgan fingerprint density at radius 3 is 2.48 bits per heavy atom. The highest BCUT2D eigenvalue weighted by atomic mass is 32.2. The summed E-state index contributed by atoms with van der Waals surface area (Å²) in [5.74, 6) is 0.381. The quantitative estimate of drug-likeness (QED) is 0.613. The molecule has 2 amide bonds. The zero-order chi connectivity index (χ0) is 20.2. The Morgan fingerprint density at radius 1 is 0.966 bits per heavy atom. The standard InChI is InChI=1S/C24H24N2O2S/c1-29-15-14-21(26-23(27)18-6-3-2-4-7-18)24(28)25-20-13-12-17-11-10-16-8-5-9-19(20)22(16)17/h2-9,12-13,21H,10-11,14-15H2,1H3,(H,25,28)(H,26,27). The van der Waals surface area contributed by atoms with Crippen molar-refractivity contribution in [2.75, 3.05) is 17.3 Å². The second-order valence-corrected chi connectivity index (χ2v) is 8.26. The van der Waals surface area contributed by atoms with E-state index in [0.717, 1.165) is 29.7 Å². The smallest absolute Gasteiger partial charge is 0.251 e. The van der Waals surface area contributed by atoms with E-state index in [1.54, 1.807) is 23.9 Å². The molecule has 3 aromatic rings. The predicted molar refractivity (Wildman–Crippen MR) is 121 cm³/mol. The van der Waals surface area contributed by atoms with Gasteiger partial charge in [-0.3, -0.25) is 9.59 Å². The van der Waals surface area contributed by atoms with Crippen LogP contribution in [0.1, 0.15) is 27.9 Å². The van der Waals surface area contributed by atoms with Crippen LogP contribution in [0.15, 0.2) is 60.7 Å². The normalized spacial score (nSPS) is 13.3. The fourth-order valence-electron chi connectivity index (χ4n) is 3.91. The van der Waals surface area contributed by atoms with Crippen molar-refractivity contribution in [3.05, 3.63) is 77.4 Å². The maximum atomic E-state index is 13.1. The van der Waals surface area contributed by atoms with Gasteiger partial charge in [-0.2, -0.15) is 11.8 Å². The first-order valence-corrected chi connectivity index (χ1v) is 11.3. The van der Waals surface area contributed by atoms with Crippen LogP contribution in [0, 0.1) is 0 Å². The average Bonchev–Trinajstić information content (AvgIpc) is 3.18. The van der Waals surface area contributed by atoms with Crippen LogP contribution in [-0.4, -0.2) is 29.9 Å². The van der Waals surface area contributed by atoms with Gasteiger partial charge < -0.3 is 10.6 Å². The number of carbonyl (C=O) groups excluding carboxylic acids is 2. The topological polar surface area (TPSA) is 58.2 Å². The van der Waals surface area contributed by atoms with Gasteiger partial charge in [0.05, 0.1) is 0 Å². The van der Waals surface area contributed by atoms with Crippen LogP contribution in [-0.2, 0) is 17.6 Å². The lowest BCUT2D eigenvalue weighted by atomic mass is 10.0. The Morgan fingerprint density at radius 2 is 1.72 bits per heavy atom. The first kappa shape index (κ1) is 19.5. The maximum Gasteiger partial charge on any atom is 0.251 e. The Balaban J connectivity index is 1.56. The maximum absolute atomic E-state index is 13.1. The van der Waals surface area contributed by atoms with E-state index in [0.29, 0.717) is 12.0 Å². The third-order valence-electron chi connectivity index (χ3n) is 5.40. The molecule has 0 spiro atoms. The summed E-state index contributed by atoms with van der Waals surface area (Å²) in [6.45, 7) is 0. The van der Waals surface area contributed by atoms with Gasteiger partial charge in [-0.05, 0) is 66.0 Å². The van der Waals surface area contributed by atoms with E-state index in [4.69, 9.17) is 0 Å². The summed E-state index contributed by atoms with van der Waals surface area (Å²) in [5, 5.41) is 8.31. The third kappa shape index (κ3) is 4.15. The molecular formula is C24H24N2O2S. The number of aryl methyl sites for hydroxylation is 2. The molecule has 3 aromatic carbocycles. The zero-order valence-corrected chi connectivity index (χ0v) is 17.2. The lowest BCUT2D eigenvalue weighted by molar-refractivity contribution is -0.118. The number of hydrogen-bond donors (Lipinski definition) is 2. The minimum absolute atomic E-state index is 0.179. The van der Waals surface area contributed by atoms with Crippen molar-refractivity contribution >= 4 is 40.0 Å². The molecule has 0 saturated heterocycles. The fourth-order valence-corrected chi connectivity index (χ4v) is 4.38. The number of carbonyl (C=O) groups is 2. The minimum atomic E-state index is -0.585. The van der Waals surface area contributed by atoms with E-state index in [-0.39, 0.29) is 11.8 Å². The molecule has 1 unspecified atom stereocenters. The molecule has 0 bridgehead atoms. The molecule has 5 heteroatoms. The predicted octanol–water partition coefficient (Wildman–Crippen LogP) is 4.43. The van der Waals surface area contributed by atoms with Gasteiger partial charge in [-0.25, -0.2) is 0 Å². The Bertz CT molecular complexity index is 1040. The summed E-state index contributed by atoms with van der Waals surface area (Å²) in [4.78, 5) is 25.7. The van der Waals surface area contributed by atoms with Gasteiger partial charge in [-0.1, -0.05) is 42.5 Å². The van der Waals surface area contributed by atoms with Crippen molar-refractivity contribution in [2.24, 2.45) is 0 Å². The minimum Gasteiger partial charge on any atom is -0.340 e. The van der Waals surface area contributed by atoms with Crippen LogP contribution in [0.25, 0.3) is 10.8 Å². The van der Waals surface area contributed by atoms with Gasteiger partial charge in [0, 0.05) is 16.6 Å². The molecule has 2 N–H and O–H groups in total. The van der Waals surface area contributed by atoms with Gasteiger partial charge >= 0.3 is 0 Å². The van der Waals surface area contributed by atoms with E-state index in [9.17, 15) is 9.59 Å². The van der Waals surface area contributed by atoms with E-state index in [2.05, 4.69) is 28.8 Å². The van der Waals surface area contributed by atoms with Crippen LogP contribution in [0.5, 0.6) is 0 Å². The lowest BCUT2D eigenvalue weighted by Gasteiger charge is -2.19. The molecule has 1 aliphatic carbocycles. The van der Waals surface area contributed by atoms with Crippen molar-refractivity contribution in [3.63, 3.8) is 0 Å². The molecule has 0 heterocycles. The number of thioether (sulfide) groups is 1. The second kappa shape index (κ2) is 8.70. The van der Waals surface area contributed by atoms with Crippen molar-refractivity contribution < 1.29 is 9.59 Å². The molecule has 0 aromatic heterocycles. The van der Waals surface area contributed by atoms with Crippen molar-refractivity contribution in [1.29, 1.82) is 0 Å². The highest BCUT2D eigenvalue weighted by molar-refractivity contribution is 7.98. The first-order chi connectivity index (χ1) is 14.2. The first-order valence-electron chi connectivity index (χ1n) is 9.86. The van der Waals surface area contributed by atoms with Gasteiger partial charge in [-0.15, -0.1) is 0 Å². The number of amides is 2. The summed E-state index contributed by atoms with van der Waals surface area (Å²) < 4.78 is 0. The number of nitrogens with one attached hydrogen (secondary N) is 2. The largest absolute Gasteiger partial charge is 0.340 e. The Hall–Kier alpha value is -2.79. The van der Waals surface area contributed by atoms with Crippen LogP contribution in [0.2, 0.25) is 0 Å². The molecular weight excluding hydrogens is 380 g/mol. The molecule has 4 nitrogen and oxygen atoms in total. The van der Waals surface area contributed by atoms with Crippen molar-refractivity contribution in [2.45, 2.75) is 25.3 Å².